The summed E-state index contributed by atoms with van der Waals surface area (Å²) in [7, 11) is -3.54. The van der Waals surface area contributed by atoms with Crippen LogP contribution >= 0.6 is 0 Å². The van der Waals surface area contributed by atoms with Gasteiger partial charge < -0.3 is 45.4 Å². The van der Waals surface area contributed by atoms with E-state index in [1.165, 1.54) is 11.7 Å². The molecule has 2 aromatic carbocycles. The Kier molecular flexibility index (Phi) is 15.5. The van der Waals surface area contributed by atoms with Crippen molar-refractivity contribution in [2.45, 2.75) is 129 Å². The average Bonchev–Trinajstić information content (AvgIpc) is 3.11. The van der Waals surface area contributed by atoms with E-state index in [9.17, 15) is 29.4 Å². The first-order valence-corrected chi connectivity index (χ1v) is 21.3. The third-order valence-corrected chi connectivity index (χ3v) is 15.5. The number of piperidine rings is 2. The Morgan fingerprint density at radius 3 is 1.46 bits per heavy atom. The maximum Gasteiger partial charge on any atom is 0.425 e. The molecule has 2 aliphatic rings. The zero-order valence-electron chi connectivity index (χ0n) is 35.0. The maximum absolute atomic E-state index is 13.6. The van der Waals surface area contributed by atoms with Crippen LogP contribution in [0.4, 0.5) is 14.4 Å². The number of hydrogen-bond donors (Lipinski definition) is 4. The van der Waals surface area contributed by atoms with E-state index in [0.29, 0.717) is 25.9 Å². The van der Waals surface area contributed by atoms with Crippen LogP contribution in [0.5, 0.6) is 0 Å². The molecule has 15 heteroatoms. The largest absolute Gasteiger partial charge is 0.480 e. The Labute approximate surface area is 333 Å². The molecular formula is C41H65N5O9Si. The first kappa shape index (κ1) is 46.2. The van der Waals surface area contributed by atoms with Gasteiger partial charge in [0.25, 0.3) is 0 Å². The second kappa shape index (κ2) is 18.8. The highest BCUT2D eigenvalue weighted by Gasteiger charge is 2.62. The van der Waals surface area contributed by atoms with Crippen molar-refractivity contribution in [3.05, 3.63) is 60.7 Å². The van der Waals surface area contributed by atoms with Crippen molar-refractivity contribution in [1.29, 1.82) is 0 Å². The molecule has 2 saturated heterocycles. The van der Waals surface area contributed by atoms with Gasteiger partial charge in [-0.05, 0) is 89.6 Å². The molecule has 14 nitrogen and oxygen atoms in total. The summed E-state index contributed by atoms with van der Waals surface area (Å²) >= 11 is 0. The Hall–Kier alpha value is -4.18. The zero-order chi connectivity index (χ0) is 42.1. The minimum Gasteiger partial charge on any atom is -0.480 e. The summed E-state index contributed by atoms with van der Waals surface area (Å²) in [6.07, 6.45) is 1.26. The lowest BCUT2D eigenvalue weighted by atomic mass is 10.1. The number of aliphatic hydroxyl groups is 1. The summed E-state index contributed by atoms with van der Waals surface area (Å²) in [4.78, 5) is 60.0. The van der Waals surface area contributed by atoms with Crippen molar-refractivity contribution >= 4 is 42.9 Å². The molecule has 2 fully saturated rings. The fraction of sp³-hybridized carbons (Fsp3) is 0.610. The van der Waals surface area contributed by atoms with E-state index in [1.54, 1.807) is 9.80 Å². The number of carbonyl (C=O) groups excluding carboxylic acids is 3. The van der Waals surface area contributed by atoms with Gasteiger partial charge in [0.2, 0.25) is 8.24 Å². The molecule has 312 valence electrons. The van der Waals surface area contributed by atoms with Crippen molar-refractivity contribution in [3.8, 4) is 0 Å². The number of carboxylic acids is 1. The number of likely N-dealkylation sites (tertiary alicyclic amines) is 2. The Balaban J connectivity index is 0.000000504. The summed E-state index contributed by atoms with van der Waals surface area (Å²) < 4.78 is 12.0. The van der Waals surface area contributed by atoms with Crippen LogP contribution in [0.1, 0.15) is 94.9 Å². The molecule has 0 aromatic heterocycles. The number of amides is 3. The summed E-state index contributed by atoms with van der Waals surface area (Å²) in [5.74, 6) is -1.32. The van der Waals surface area contributed by atoms with E-state index in [2.05, 4.69) is 5.32 Å². The quantitative estimate of drug-likeness (QED) is 0.207. The lowest BCUT2D eigenvalue weighted by molar-refractivity contribution is -0.173. The highest BCUT2D eigenvalue weighted by Crippen LogP contribution is 2.42. The zero-order valence-corrected chi connectivity index (χ0v) is 36.0. The standard InChI is InChI=1S/C31H45N3O7Si.C10H20N2O2/c1-29(2,3)40-28(39)33-20-18-23(19-21-33)32-27(38)41-34(31(7,22-35)26(36)37)42(30(4,5)6,24-14-10-8-11-15-24)25-16-12-9-13-17-25;1-10(2,3)14-9(13)12-6-4-8(11)5-7-12/h8-17,23,35H,18-22H2,1-7H3,(H,32,38)(H,36,37);8H,4-7,11H2,1-3H3/t31-;/m0./s1. The first-order valence-electron chi connectivity index (χ1n) is 19.4. The molecular weight excluding hydrogens is 735 g/mol. The summed E-state index contributed by atoms with van der Waals surface area (Å²) in [6.45, 7) is 19.9. The number of nitrogens with two attached hydrogens (primary N) is 1. The van der Waals surface area contributed by atoms with Gasteiger partial charge >= 0.3 is 24.2 Å². The highest BCUT2D eigenvalue weighted by molar-refractivity contribution is 7.02. The van der Waals surface area contributed by atoms with Crippen molar-refractivity contribution in [2.24, 2.45) is 5.73 Å². The van der Waals surface area contributed by atoms with Gasteiger partial charge in [-0.1, -0.05) is 81.4 Å². The Bertz CT molecular complexity index is 1560. The molecule has 0 spiro atoms. The molecule has 2 aromatic rings. The molecule has 2 aliphatic heterocycles. The number of carbonyl (C=O) groups is 4. The van der Waals surface area contributed by atoms with Crippen molar-refractivity contribution in [3.63, 3.8) is 0 Å². The number of nitrogens with one attached hydrogen (secondary N) is 1. The fourth-order valence-corrected chi connectivity index (χ4v) is 12.5. The predicted molar refractivity (Wildman–Crippen MR) is 218 cm³/mol. The van der Waals surface area contributed by atoms with Crippen molar-refractivity contribution in [1.82, 2.24) is 19.8 Å². The van der Waals surface area contributed by atoms with E-state index >= 15 is 0 Å². The smallest absolute Gasteiger partial charge is 0.425 e. The summed E-state index contributed by atoms with van der Waals surface area (Å²) in [5, 5.41) is 25.0. The van der Waals surface area contributed by atoms with Gasteiger partial charge in [-0.3, -0.25) is 4.79 Å². The number of aliphatic hydroxyl groups excluding tert-OH is 1. The van der Waals surface area contributed by atoms with Crippen LogP contribution in [-0.2, 0) is 19.1 Å². The van der Waals surface area contributed by atoms with Gasteiger partial charge in [0.1, 0.15) is 11.2 Å². The van der Waals surface area contributed by atoms with Gasteiger partial charge in [0.15, 0.2) is 5.54 Å². The second-order valence-corrected chi connectivity index (χ2v) is 22.3. The van der Waals surface area contributed by atoms with Crippen LogP contribution in [0.15, 0.2) is 60.7 Å². The van der Waals surface area contributed by atoms with Crippen molar-refractivity contribution < 1.29 is 43.7 Å². The van der Waals surface area contributed by atoms with Crippen LogP contribution in [0.3, 0.4) is 0 Å². The number of aliphatic carboxylic acids is 1. The molecule has 5 N–H and O–H groups in total. The average molecular weight is 800 g/mol. The lowest BCUT2D eigenvalue weighted by Crippen LogP contribution is -2.81. The molecule has 0 radical (unpaired) electrons. The minimum absolute atomic E-state index is 0.218. The van der Waals surface area contributed by atoms with E-state index in [-0.39, 0.29) is 18.2 Å². The Morgan fingerprint density at radius 2 is 1.12 bits per heavy atom. The van der Waals surface area contributed by atoms with E-state index in [4.69, 9.17) is 20.0 Å². The normalized spacial score (nSPS) is 17.2. The van der Waals surface area contributed by atoms with E-state index in [0.717, 1.165) is 36.3 Å². The maximum atomic E-state index is 13.6. The third kappa shape index (κ3) is 11.9. The summed E-state index contributed by atoms with van der Waals surface area (Å²) in [5.41, 5.74) is 2.76. The SMILES string of the molecule is CC(C)(C)OC(=O)N1CCC(N)CC1.CC(C)(C)OC(=O)N1CCC(NC(=O)ON([C@@](C)(CO)C(=O)O)[Si](c2ccccc2)(c2ccccc2)C(C)(C)C)CC1. The number of benzene rings is 2. The molecule has 3 amide bonds. The van der Waals surface area contributed by atoms with Crippen LogP contribution in [0, 0.1) is 0 Å². The van der Waals surface area contributed by atoms with Crippen LogP contribution in [0.25, 0.3) is 0 Å². The Morgan fingerprint density at radius 1 is 0.732 bits per heavy atom. The fourth-order valence-electron chi connectivity index (χ4n) is 6.91. The molecule has 56 heavy (non-hydrogen) atoms. The topological polar surface area (TPSA) is 184 Å². The van der Waals surface area contributed by atoms with Gasteiger partial charge in [-0.15, -0.1) is 4.73 Å². The van der Waals surface area contributed by atoms with Crippen molar-refractivity contribution in [2.75, 3.05) is 32.8 Å². The number of ether oxygens (including phenoxy) is 2. The van der Waals surface area contributed by atoms with Gasteiger partial charge in [-0.2, -0.15) is 0 Å². The van der Waals surface area contributed by atoms with Crippen LogP contribution in [-0.4, -0.2) is 119 Å². The highest BCUT2D eigenvalue weighted by atomic mass is 28.3. The van der Waals surface area contributed by atoms with E-state index < -0.39 is 54.8 Å². The molecule has 0 aliphatic carbocycles. The predicted octanol–water partition coefficient (Wildman–Crippen LogP) is 5.07. The molecule has 0 unspecified atom stereocenters. The third-order valence-electron chi connectivity index (χ3n) is 9.82. The van der Waals surface area contributed by atoms with Gasteiger partial charge in [0, 0.05) is 38.3 Å². The molecule has 2 heterocycles. The van der Waals surface area contributed by atoms with Crippen LogP contribution in [0.2, 0.25) is 5.04 Å². The number of carboxylic acid groups (broad SMARTS) is 1. The second-order valence-electron chi connectivity index (χ2n) is 17.8. The lowest BCUT2D eigenvalue weighted by Gasteiger charge is -2.53. The van der Waals surface area contributed by atoms with Gasteiger partial charge in [0.05, 0.1) is 6.61 Å². The van der Waals surface area contributed by atoms with Gasteiger partial charge in [-0.25, -0.2) is 14.4 Å². The minimum atomic E-state index is -3.54. The molecule has 0 saturated carbocycles. The number of hydroxylamine groups is 1. The summed E-state index contributed by atoms with van der Waals surface area (Å²) in [6, 6.07) is 18.9. The van der Waals surface area contributed by atoms with Crippen LogP contribution < -0.4 is 21.4 Å². The number of rotatable bonds is 8. The molecule has 4 rings (SSSR count). The monoisotopic (exact) mass is 799 g/mol. The number of hydrogen-bond acceptors (Lipinski definition) is 10. The molecule has 1 atom stereocenters. The molecule has 0 bridgehead atoms. The number of nitrogens with zero attached hydrogens (tertiary/aromatic N) is 3. The van der Waals surface area contributed by atoms with E-state index in [1.807, 2.05) is 123 Å². The first-order chi connectivity index (χ1) is 25.9.